The van der Waals surface area contributed by atoms with Gasteiger partial charge in [-0.15, -0.1) is 0 Å². The number of hydrogen-bond donors (Lipinski definition) is 0. The second-order valence-electron chi connectivity index (χ2n) is 4.29. The number of rotatable bonds is 1. The predicted molar refractivity (Wildman–Crippen MR) is 55.8 cm³/mol. The van der Waals surface area contributed by atoms with Crippen LogP contribution in [0.4, 0.5) is 0 Å². The predicted octanol–water partition coefficient (Wildman–Crippen LogP) is 2.39. The standard InChI is InChI=1S/C12H16O3/c1-7-4-5-10-8(2)6-14-12(11(7)10)15-9(3)13/h4,6,10-12H,5H2,1-3H3/t10-,11-,12+/m1/s1. The van der Waals surface area contributed by atoms with Crippen LogP contribution in [0.2, 0.25) is 0 Å². The maximum absolute atomic E-state index is 10.9. The van der Waals surface area contributed by atoms with Crippen LogP contribution in [-0.4, -0.2) is 12.3 Å². The van der Waals surface area contributed by atoms with Crippen molar-refractivity contribution in [2.75, 3.05) is 0 Å². The second-order valence-corrected chi connectivity index (χ2v) is 4.29. The first kappa shape index (κ1) is 10.3. The summed E-state index contributed by atoms with van der Waals surface area (Å²) in [5, 5.41) is 0. The Hall–Kier alpha value is -1.25. The van der Waals surface area contributed by atoms with Crippen LogP contribution in [0.3, 0.4) is 0 Å². The Kier molecular flexibility index (Phi) is 2.55. The van der Waals surface area contributed by atoms with Crippen LogP contribution in [0, 0.1) is 11.8 Å². The number of carbonyl (C=O) groups excluding carboxylic acids is 1. The van der Waals surface area contributed by atoms with E-state index >= 15 is 0 Å². The van der Waals surface area contributed by atoms with Crippen LogP contribution in [0.15, 0.2) is 23.5 Å². The maximum atomic E-state index is 10.9. The van der Waals surface area contributed by atoms with Gasteiger partial charge in [0.2, 0.25) is 6.29 Å². The van der Waals surface area contributed by atoms with E-state index in [0.717, 1.165) is 6.42 Å². The van der Waals surface area contributed by atoms with E-state index in [1.165, 1.54) is 18.1 Å². The molecule has 0 aromatic heterocycles. The molecule has 15 heavy (non-hydrogen) atoms. The summed E-state index contributed by atoms with van der Waals surface area (Å²) in [5.41, 5.74) is 2.50. The Morgan fingerprint density at radius 1 is 1.47 bits per heavy atom. The van der Waals surface area contributed by atoms with Crippen LogP contribution < -0.4 is 0 Å². The van der Waals surface area contributed by atoms with Crippen LogP contribution in [0.25, 0.3) is 0 Å². The Morgan fingerprint density at radius 3 is 2.87 bits per heavy atom. The number of ether oxygens (including phenoxy) is 2. The smallest absolute Gasteiger partial charge is 0.305 e. The fraction of sp³-hybridized carbons (Fsp3) is 0.583. The lowest BCUT2D eigenvalue weighted by atomic mass is 9.85. The highest BCUT2D eigenvalue weighted by molar-refractivity contribution is 5.66. The highest BCUT2D eigenvalue weighted by atomic mass is 16.7. The fourth-order valence-electron chi connectivity index (χ4n) is 2.40. The molecule has 0 fully saturated rings. The third-order valence-corrected chi connectivity index (χ3v) is 3.20. The van der Waals surface area contributed by atoms with Gasteiger partial charge in [0.15, 0.2) is 0 Å². The van der Waals surface area contributed by atoms with E-state index in [4.69, 9.17) is 9.47 Å². The molecule has 0 saturated carbocycles. The van der Waals surface area contributed by atoms with E-state index in [0.29, 0.717) is 5.92 Å². The van der Waals surface area contributed by atoms with Gasteiger partial charge in [0.25, 0.3) is 0 Å². The molecule has 3 atom stereocenters. The largest absolute Gasteiger partial charge is 0.462 e. The van der Waals surface area contributed by atoms with Gasteiger partial charge in [-0.2, -0.15) is 0 Å². The number of fused-ring (bicyclic) bond motifs is 1. The number of esters is 1. The Morgan fingerprint density at radius 2 is 2.20 bits per heavy atom. The third-order valence-electron chi connectivity index (χ3n) is 3.20. The summed E-state index contributed by atoms with van der Waals surface area (Å²) in [7, 11) is 0. The topological polar surface area (TPSA) is 35.5 Å². The van der Waals surface area contributed by atoms with Crippen molar-refractivity contribution >= 4 is 5.97 Å². The number of carbonyl (C=O) groups is 1. The first-order valence-electron chi connectivity index (χ1n) is 5.25. The summed E-state index contributed by atoms with van der Waals surface area (Å²) in [4.78, 5) is 10.9. The van der Waals surface area contributed by atoms with Crippen LogP contribution in [0.1, 0.15) is 27.2 Å². The molecule has 0 N–H and O–H groups in total. The second kappa shape index (κ2) is 3.72. The molecule has 0 bridgehead atoms. The summed E-state index contributed by atoms with van der Waals surface area (Å²) in [6.07, 6.45) is 4.52. The molecular formula is C12H16O3. The number of allylic oxidation sites excluding steroid dienone is 2. The van der Waals surface area contributed by atoms with Gasteiger partial charge in [-0.1, -0.05) is 11.6 Å². The lowest BCUT2D eigenvalue weighted by Crippen LogP contribution is -2.35. The summed E-state index contributed by atoms with van der Waals surface area (Å²) in [6.45, 7) is 5.55. The van der Waals surface area contributed by atoms with Crippen molar-refractivity contribution in [3.63, 3.8) is 0 Å². The van der Waals surface area contributed by atoms with Gasteiger partial charge in [0, 0.05) is 6.92 Å². The van der Waals surface area contributed by atoms with Gasteiger partial charge in [-0.05, 0) is 31.8 Å². The highest BCUT2D eigenvalue weighted by Crippen LogP contribution is 2.42. The molecule has 2 rings (SSSR count). The molecule has 0 amide bonds. The minimum absolute atomic E-state index is 0.207. The third kappa shape index (κ3) is 1.78. The van der Waals surface area contributed by atoms with Crippen LogP contribution in [0.5, 0.6) is 0 Å². The molecule has 0 spiro atoms. The SMILES string of the molecule is CC(=O)O[C@@H]1OC=C(C)[C@H]2CC=C(C)[C@@H]12. The molecule has 0 unspecified atom stereocenters. The van der Waals surface area contributed by atoms with Gasteiger partial charge >= 0.3 is 5.97 Å². The fourth-order valence-corrected chi connectivity index (χ4v) is 2.40. The van der Waals surface area contributed by atoms with Crippen molar-refractivity contribution in [3.05, 3.63) is 23.5 Å². The van der Waals surface area contributed by atoms with E-state index in [1.807, 2.05) is 0 Å². The minimum atomic E-state index is -0.435. The molecule has 82 valence electrons. The van der Waals surface area contributed by atoms with Crippen molar-refractivity contribution in [1.82, 2.24) is 0 Å². The zero-order chi connectivity index (χ0) is 11.0. The molecule has 3 heteroatoms. The summed E-state index contributed by atoms with van der Waals surface area (Å²) in [6, 6.07) is 0. The summed E-state index contributed by atoms with van der Waals surface area (Å²) in [5.74, 6) is 0.369. The maximum Gasteiger partial charge on any atom is 0.305 e. The molecule has 0 radical (unpaired) electrons. The van der Waals surface area contributed by atoms with Gasteiger partial charge < -0.3 is 9.47 Å². The van der Waals surface area contributed by atoms with Crippen molar-refractivity contribution in [2.24, 2.45) is 11.8 Å². The molecule has 1 heterocycles. The summed E-state index contributed by atoms with van der Waals surface area (Å²) < 4.78 is 10.6. The van der Waals surface area contributed by atoms with Crippen molar-refractivity contribution in [1.29, 1.82) is 0 Å². The van der Waals surface area contributed by atoms with Crippen LogP contribution >= 0.6 is 0 Å². The lowest BCUT2D eigenvalue weighted by molar-refractivity contribution is -0.178. The minimum Gasteiger partial charge on any atom is -0.462 e. The Bertz CT molecular complexity index is 341. The first-order chi connectivity index (χ1) is 7.09. The van der Waals surface area contributed by atoms with Crippen molar-refractivity contribution < 1.29 is 14.3 Å². The van der Waals surface area contributed by atoms with E-state index < -0.39 is 6.29 Å². The van der Waals surface area contributed by atoms with Crippen molar-refractivity contribution in [3.8, 4) is 0 Å². The monoisotopic (exact) mass is 208 g/mol. The van der Waals surface area contributed by atoms with Crippen LogP contribution in [-0.2, 0) is 14.3 Å². The number of hydrogen-bond acceptors (Lipinski definition) is 3. The van der Waals surface area contributed by atoms with E-state index in [-0.39, 0.29) is 11.9 Å². The molecule has 0 aromatic rings. The zero-order valence-corrected chi connectivity index (χ0v) is 9.32. The molecule has 1 aliphatic carbocycles. The van der Waals surface area contributed by atoms with Gasteiger partial charge in [0.1, 0.15) is 0 Å². The Labute approximate surface area is 89.8 Å². The van der Waals surface area contributed by atoms with E-state index in [1.54, 1.807) is 6.26 Å². The average Bonchev–Trinajstić information content (AvgIpc) is 2.54. The molecule has 0 aromatic carbocycles. The van der Waals surface area contributed by atoms with E-state index in [9.17, 15) is 4.79 Å². The first-order valence-corrected chi connectivity index (χ1v) is 5.25. The highest BCUT2D eigenvalue weighted by Gasteiger charge is 2.40. The van der Waals surface area contributed by atoms with Crippen molar-refractivity contribution in [2.45, 2.75) is 33.5 Å². The molecule has 3 nitrogen and oxygen atoms in total. The van der Waals surface area contributed by atoms with Gasteiger partial charge in [-0.3, -0.25) is 4.79 Å². The van der Waals surface area contributed by atoms with E-state index in [2.05, 4.69) is 19.9 Å². The normalized spacial score (nSPS) is 33.7. The zero-order valence-electron chi connectivity index (χ0n) is 9.32. The molecule has 1 aliphatic heterocycles. The lowest BCUT2D eigenvalue weighted by Gasteiger charge is -2.33. The molecular weight excluding hydrogens is 192 g/mol. The average molecular weight is 208 g/mol. The van der Waals surface area contributed by atoms with Gasteiger partial charge in [-0.25, -0.2) is 0 Å². The Balaban J connectivity index is 2.20. The molecule has 0 saturated heterocycles. The van der Waals surface area contributed by atoms with Gasteiger partial charge in [0.05, 0.1) is 12.2 Å². The summed E-state index contributed by atoms with van der Waals surface area (Å²) >= 11 is 0. The molecule has 2 aliphatic rings. The quantitative estimate of drug-likeness (QED) is 0.490.